The molecule has 1 fully saturated rings. The third-order valence-electron chi connectivity index (χ3n) is 7.27. The van der Waals surface area contributed by atoms with Crippen LogP contribution in [0.3, 0.4) is 0 Å². The van der Waals surface area contributed by atoms with E-state index in [1.165, 1.54) is 17.8 Å². The summed E-state index contributed by atoms with van der Waals surface area (Å²) in [6, 6.07) is 8.93. The molecule has 4 rings (SSSR count). The zero-order valence-corrected chi connectivity index (χ0v) is 24.0. The van der Waals surface area contributed by atoms with Crippen molar-refractivity contribution in [2.75, 3.05) is 31.5 Å². The van der Waals surface area contributed by atoms with Gasteiger partial charge >= 0.3 is 5.69 Å². The van der Waals surface area contributed by atoms with Crippen LogP contribution >= 0.6 is 0 Å². The second-order valence-corrected chi connectivity index (χ2v) is 11.9. The van der Waals surface area contributed by atoms with Gasteiger partial charge in [0.15, 0.2) is 5.65 Å². The van der Waals surface area contributed by atoms with Gasteiger partial charge in [-0.15, -0.1) is 0 Å². The van der Waals surface area contributed by atoms with Gasteiger partial charge in [0.2, 0.25) is 11.9 Å². The van der Waals surface area contributed by atoms with E-state index in [1.54, 1.807) is 10.8 Å². The molecule has 0 aliphatic carbocycles. The summed E-state index contributed by atoms with van der Waals surface area (Å²) in [5.74, 6) is 0.476. The number of piperazine rings is 1. The van der Waals surface area contributed by atoms with E-state index in [4.69, 9.17) is 0 Å². The summed E-state index contributed by atoms with van der Waals surface area (Å²) in [6.45, 7) is 19.5. The third-order valence-corrected chi connectivity index (χ3v) is 7.27. The molecular weight excluding hydrogens is 490 g/mol. The second-order valence-electron chi connectivity index (χ2n) is 11.9. The number of rotatable bonds is 8. The van der Waals surface area contributed by atoms with Crippen molar-refractivity contribution >= 4 is 22.9 Å². The predicted octanol–water partition coefficient (Wildman–Crippen LogP) is 4.75. The highest BCUT2D eigenvalue weighted by molar-refractivity contribution is 5.87. The molecule has 3 aromatic rings. The lowest BCUT2D eigenvalue weighted by Gasteiger charge is -2.41. The Labute approximate surface area is 231 Å². The second kappa shape index (κ2) is 11.7. The van der Waals surface area contributed by atoms with Gasteiger partial charge in [-0.25, -0.2) is 14.8 Å². The van der Waals surface area contributed by atoms with Crippen molar-refractivity contribution in [2.45, 2.75) is 66.1 Å². The summed E-state index contributed by atoms with van der Waals surface area (Å²) in [5.41, 5.74) is 2.81. The first kappa shape index (κ1) is 28.4. The topological polar surface area (TPSA) is 96.3 Å². The summed E-state index contributed by atoms with van der Waals surface area (Å²) in [7, 11) is 0. The van der Waals surface area contributed by atoms with Crippen molar-refractivity contribution in [3.05, 3.63) is 70.9 Å². The number of amides is 1. The third kappa shape index (κ3) is 6.71. The first-order valence-electron chi connectivity index (χ1n) is 13.7. The molecular formula is C30H41N7O2. The molecule has 1 N–H and O–H groups in total. The first-order valence-corrected chi connectivity index (χ1v) is 13.7. The quantitative estimate of drug-likeness (QED) is 0.419. The number of fused-ring (bicyclic) bond motifs is 1. The molecule has 3 heterocycles. The SMILES string of the molecule is C=CC(=O)N1CCN(C(CC(C)(C)C)c2ccc([C@H](C)Nc3ncc4cnc(=O)n(C(C)C)c4n3)cc2)CC1. The van der Waals surface area contributed by atoms with E-state index in [0.29, 0.717) is 11.6 Å². The highest BCUT2D eigenvalue weighted by Gasteiger charge is 2.29. The zero-order valence-electron chi connectivity index (χ0n) is 24.0. The molecule has 9 heteroatoms. The number of nitrogens with one attached hydrogen (secondary N) is 1. The fraction of sp³-hybridized carbons (Fsp3) is 0.500. The van der Waals surface area contributed by atoms with Gasteiger partial charge in [0.25, 0.3) is 0 Å². The number of carbonyl (C=O) groups is 1. The zero-order chi connectivity index (χ0) is 28.3. The Bertz CT molecular complexity index is 1370. The number of anilines is 1. The largest absolute Gasteiger partial charge is 0.349 e. The summed E-state index contributed by atoms with van der Waals surface area (Å²) >= 11 is 0. The number of aromatic nitrogens is 4. The number of nitrogens with zero attached hydrogens (tertiary/aromatic N) is 6. The van der Waals surface area contributed by atoms with Crippen molar-refractivity contribution < 1.29 is 4.79 Å². The molecule has 208 valence electrons. The Morgan fingerprint density at radius 1 is 1.03 bits per heavy atom. The van der Waals surface area contributed by atoms with Gasteiger partial charge in [-0.2, -0.15) is 4.98 Å². The van der Waals surface area contributed by atoms with Crippen LogP contribution in [0.5, 0.6) is 0 Å². The van der Waals surface area contributed by atoms with E-state index in [1.807, 2.05) is 18.7 Å². The molecule has 0 saturated carbocycles. The fourth-order valence-corrected chi connectivity index (χ4v) is 5.18. The normalized spacial score (nSPS) is 16.3. The summed E-state index contributed by atoms with van der Waals surface area (Å²) in [4.78, 5) is 41.8. The lowest BCUT2D eigenvalue weighted by Crippen LogP contribution is -2.49. The van der Waals surface area contributed by atoms with E-state index < -0.39 is 0 Å². The van der Waals surface area contributed by atoms with Crippen LogP contribution in [0.25, 0.3) is 11.0 Å². The van der Waals surface area contributed by atoms with Crippen molar-refractivity contribution in [3.8, 4) is 0 Å². The van der Waals surface area contributed by atoms with Gasteiger partial charge in [-0.05, 0) is 49.8 Å². The monoisotopic (exact) mass is 531 g/mol. The lowest BCUT2D eigenvalue weighted by molar-refractivity contribution is -0.128. The Balaban J connectivity index is 1.52. The Morgan fingerprint density at radius 3 is 2.23 bits per heavy atom. The highest BCUT2D eigenvalue weighted by atomic mass is 16.2. The fourth-order valence-electron chi connectivity index (χ4n) is 5.18. The predicted molar refractivity (Wildman–Crippen MR) is 156 cm³/mol. The molecule has 2 aromatic heterocycles. The van der Waals surface area contributed by atoms with Crippen LogP contribution in [0, 0.1) is 5.41 Å². The minimum atomic E-state index is -0.315. The van der Waals surface area contributed by atoms with E-state index in [2.05, 4.69) is 83.7 Å². The van der Waals surface area contributed by atoms with Gasteiger partial charge in [0.1, 0.15) is 0 Å². The van der Waals surface area contributed by atoms with E-state index in [0.717, 1.165) is 43.5 Å². The summed E-state index contributed by atoms with van der Waals surface area (Å²) in [6.07, 6.45) is 5.64. The molecule has 0 radical (unpaired) electrons. The Morgan fingerprint density at radius 2 is 1.64 bits per heavy atom. The molecule has 1 aliphatic rings. The van der Waals surface area contributed by atoms with Crippen LogP contribution in [-0.4, -0.2) is 61.4 Å². The van der Waals surface area contributed by atoms with Crippen LogP contribution in [0.4, 0.5) is 5.95 Å². The van der Waals surface area contributed by atoms with Gasteiger partial charge < -0.3 is 10.2 Å². The Kier molecular flexibility index (Phi) is 8.49. The van der Waals surface area contributed by atoms with Gasteiger partial charge in [0, 0.05) is 50.7 Å². The van der Waals surface area contributed by atoms with Crippen LogP contribution in [0.15, 0.2) is 54.1 Å². The van der Waals surface area contributed by atoms with Crippen molar-refractivity contribution in [1.82, 2.24) is 29.3 Å². The van der Waals surface area contributed by atoms with Crippen molar-refractivity contribution in [2.24, 2.45) is 5.41 Å². The molecule has 1 unspecified atom stereocenters. The molecule has 2 atom stereocenters. The average Bonchev–Trinajstić information content (AvgIpc) is 2.90. The molecule has 1 saturated heterocycles. The number of carbonyl (C=O) groups excluding carboxylic acids is 1. The minimum Gasteiger partial charge on any atom is -0.348 e. The van der Waals surface area contributed by atoms with Crippen LogP contribution in [0.1, 0.15) is 77.2 Å². The smallest absolute Gasteiger partial charge is 0.348 e. The molecule has 1 aromatic carbocycles. The van der Waals surface area contributed by atoms with E-state index >= 15 is 0 Å². The van der Waals surface area contributed by atoms with Crippen LogP contribution in [0.2, 0.25) is 0 Å². The maximum atomic E-state index is 12.3. The van der Waals surface area contributed by atoms with Gasteiger partial charge in [0.05, 0.1) is 11.4 Å². The van der Waals surface area contributed by atoms with Gasteiger partial charge in [-0.1, -0.05) is 51.6 Å². The van der Waals surface area contributed by atoms with Crippen molar-refractivity contribution in [1.29, 1.82) is 0 Å². The van der Waals surface area contributed by atoms with Crippen LogP contribution < -0.4 is 11.0 Å². The van der Waals surface area contributed by atoms with Crippen LogP contribution in [-0.2, 0) is 4.79 Å². The molecule has 1 aliphatic heterocycles. The van der Waals surface area contributed by atoms with E-state index in [9.17, 15) is 9.59 Å². The molecule has 0 bridgehead atoms. The maximum absolute atomic E-state index is 12.3. The number of hydrogen-bond acceptors (Lipinski definition) is 7. The minimum absolute atomic E-state index is 0.00686. The highest BCUT2D eigenvalue weighted by Crippen LogP contribution is 2.35. The molecule has 1 amide bonds. The molecule has 39 heavy (non-hydrogen) atoms. The van der Waals surface area contributed by atoms with Gasteiger partial charge in [-0.3, -0.25) is 14.3 Å². The first-order chi connectivity index (χ1) is 18.5. The maximum Gasteiger partial charge on any atom is 0.349 e. The molecule has 0 spiro atoms. The standard InChI is InChI=1S/C30H41N7O2/c1-8-26(38)36-15-13-35(14-16-36)25(17-30(5,6)7)23-11-9-22(10-12-23)21(4)33-28-31-18-24-19-32-29(39)37(20(2)3)27(24)34-28/h8-12,18-21,25H,1,13-17H2,2-7H3,(H,31,33,34)/t21-,25?/m0/s1. The summed E-state index contributed by atoms with van der Waals surface area (Å²) < 4.78 is 1.59. The number of benzene rings is 1. The molecule has 9 nitrogen and oxygen atoms in total. The number of hydrogen-bond donors (Lipinski definition) is 1. The van der Waals surface area contributed by atoms with E-state index in [-0.39, 0.29) is 35.1 Å². The average molecular weight is 532 g/mol. The lowest BCUT2D eigenvalue weighted by atomic mass is 9.84. The van der Waals surface area contributed by atoms with Crippen molar-refractivity contribution in [3.63, 3.8) is 0 Å². The Hall–Kier alpha value is -3.59. The summed E-state index contributed by atoms with van der Waals surface area (Å²) in [5, 5.41) is 4.12.